The fraction of sp³-hybridized carbons (Fsp3) is 0.357. The van der Waals surface area contributed by atoms with Crippen molar-refractivity contribution in [2.75, 3.05) is 13.7 Å². The Hall–Kier alpha value is -3.71. The molecule has 0 saturated heterocycles. The Balaban J connectivity index is 1.74. The lowest BCUT2D eigenvalue weighted by Crippen LogP contribution is -2.37. The summed E-state index contributed by atoms with van der Waals surface area (Å²) in [5.41, 5.74) is -2.63. The number of ketones is 1. The summed E-state index contributed by atoms with van der Waals surface area (Å²) in [7, 11) is 1.23. The smallest absolute Gasteiger partial charge is 0.433 e. The number of carbonyl (C=O) groups is 3. The molecule has 1 aromatic heterocycles. The molecule has 0 spiro atoms. The number of benzene rings is 2. The molecule has 0 radical (unpaired) electrons. The molecule has 0 unspecified atom stereocenters. The largest absolute Gasteiger partial charge is 0.496 e. The van der Waals surface area contributed by atoms with E-state index in [0.717, 1.165) is 12.1 Å². The highest BCUT2D eigenvalue weighted by Gasteiger charge is 2.43. The molecule has 0 bridgehead atoms. The van der Waals surface area contributed by atoms with Gasteiger partial charge in [0.05, 0.1) is 48.0 Å². The van der Waals surface area contributed by atoms with Crippen molar-refractivity contribution in [3.8, 4) is 5.75 Å². The number of aliphatic carboxylic acids is 1. The summed E-state index contributed by atoms with van der Waals surface area (Å²) in [5.74, 6) is -5.96. The van der Waals surface area contributed by atoms with Gasteiger partial charge in [-0.3, -0.25) is 19.1 Å². The second kappa shape index (κ2) is 12.9. The Kier molecular flexibility index (Phi) is 9.65. The SMILES string of the molecule is COc1cc(Cl)cc(Cl)c1C(=O)CN(Cc1cc(F)cc(F)c1)C(=O)c1cnn(C2CCC(C(=O)O)CC2)c1C(F)(F)F. The number of alkyl halides is 3. The molecular weight excluding hydrogens is 624 g/mol. The number of aromatic nitrogens is 2. The predicted molar refractivity (Wildman–Crippen MR) is 144 cm³/mol. The second-order valence-corrected chi connectivity index (χ2v) is 10.9. The number of amides is 1. The van der Waals surface area contributed by atoms with Crippen LogP contribution >= 0.6 is 23.2 Å². The standard InChI is InChI=1S/C28H24Cl2F5N3O5/c1-43-23-9-16(29)8-21(30)24(23)22(39)13-37(12-14-6-17(31)10-18(32)7-14)26(40)20-11-36-38(25(20)28(33,34)35)19-4-2-15(3-5-19)27(41)42/h6-11,15,19H,2-5,12-13H2,1H3,(H,41,42). The fourth-order valence-electron chi connectivity index (χ4n) is 5.17. The summed E-state index contributed by atoms with van der Waals surface area (Å²) in [5, 5.41) is 13.1. The predicted octanol–water partition coefficient (Wildman–Crippen LogP) is 6.84. The zero-order chi connectivity index (χ0) is 31.6. The highest BCUT2D eigenvalue weighted by Crippen LogP contribution is 2.39. The minimum absolute atomic E-state index is 0.0625. The van der Waals surface area contributed by atoms with Crippen LogP contribution in [0.3, 0.4) is 0 Å². The number of methoxy groups -OCH3 is 1. The maximum absolute atomic E-state index is 14.4. The van der Waals surface area contributed by atoms with Crippen LogP contribution in [0.15, 0.2) is 36.5 Å². The lowest BCUT2D eigenvalue weighted by atomic mass is 9.86. The molecule has 1 fully saturated rings. The van der Waals surface area contributed by atoms with Crippen molar-refractivity contribution >= 4 is 40.9 Å². The molecular formula is C28H24Cl2F5N3O5. The molecule has 1 heterocycles. The van der Waals surface area contributed by atoms with Gasteiger partial charge < -0.3 is 14.7 Å². The van der Waals surface area contributed by atoms with Crippen molar-refractivity contribution in [3.63, 3.8) is 0 Å². The van der Waals surface area contributed by atoms with E-state index in [9.17, 15) is 41.4 Å². The molecule has 8 nitrogen and oxygen atoms in total. The van der Waals surface area contributed by atoms with Gasteiger partial charge in [-0.25, -0.2) is 8.78 Å². The number of hydrogen-bond acceptors (Lipinski definition) is 5. The van der Waals surface area contributed by atoms with Crippen LogP contribution in [0.1, 0.15) is 63.7 Å². The van der Waals surface area contributed by atoms with Crippen LogP contribution in [0.2, 0.25) is 10.0 Å². The van der Waals surface area contributed by atoms with Crippen molar-refractivity contribution in [2.24, 2.45) is 5.92 Å². The third-order valence-electron chi connectivity index (χ3n) is 7.12. The van der Waals surface area contributed by atoms with E-state index in [1.54, 1.807) is 0 Å². The molecule has 230 valence electrons. The molecule has 1 amide bonds. The first-order valence-corrected chi connectivity index (χ1v) is 13.6. The van der Waals surface area contributed by atoms with Crippen molar-refractivity contribution < 1.29 is 46.2 Å². The van der Waals surface area contributed by atoms with E-state index >= 15 is 0 Å². The van der Waals surface area contributed by atoms with Crippen LogP contribution in [0, 0.1) is 17.6 Å². The highest BCUT2D eigenvalue weighted by atomic mass is 35.5. The van der Waals surface area contributed by atoms with E-state index in [-0.39, 0.29) is 52.6 Å². The van der Waals surface area contributed by atoms with Gasteiger partial charge in [-0.15, -0.1) is 0 Å². The van der Waals surface area contributed by atoms with Crippen LogP contribution in [0.4, 0.5) is 22.0 Å². The zero-order valence-corrected chi connectivity index (χ0v) is 23.9. The lowest BCUT2D eigenvalue weighted by molar-refractivity contribution is -0.147. The van der Waals surface area contributed by atoms with Gasteiger partial charge in [0.15, 0.2) is 11.5 Å². The summed E-state index contributed by atoms with van der Waals surface area (Å²) >= 11 is 12.2. The fourth-order valence-corrected chi connectivity index (χ4v) is 5.75. The molecule has 15 heteroatoms. The first-order valence-electron chi connectivity index (χ1n) is 12.9. The maximum atomic E-state index is 14.4. The normalized spacial score (nSPS) is 17.0. The molecule has 1 saturated carbocycles. The third-order valence-corrected chi connectivity index (χ3v) is 7.64. The van der Waals surface area contributed by atoms with Gasteiger partial charge in [-0.2, -0.15) is 18.3 Å². The van der Waals surface area contributed by atoms with Gasteiger partial charge in [0.2, 0.25) is 0 Å². The number of nitrogens with zero attached hydrogens (tertiary/aromatic N) is 3. The van der Waals surface area contributed by atoms with Gasteiger partial charge in [0.25, 0.3) is 5.91 Å². The molecule has 1 aliphatic carbocycles. The van der Waals surface area contributed by atoms with Gasteiger partial charge in [0, 0.05) is 17.6 Å². The van der Waals surface area contributed by atoms with Gasteiger partial charge in [-0.05, 0) is 55.5 Å². The molecule has 1 N–H and O–H groups in total. The van der Waals surface area contributed by atoms with Crippen molar-refractivity contribution in [3.05, 3.63) is 80.6 Å². The highest BCUT2D eigenvalue weighted by molar-refractivity contribution is 6.37. The van der Waals surface area contributed by atoms with Crippen molar-refractivity contribution in [1.29, 1.82) is 0 Å². The average molecular weight is 648 g/mol. The summed E-state index contributed by atoms with van der Waals surface area (Å²) in [6.07, 6.45) is -3.96. The summed E-state index contributed by atoms with van der Waals surface area (Å²) in [6, 6.07) is 4.00. The Labute approximate surface area is 251 Å². The van der Waals surface area contributed by atoms with Crippen LogP contribution in [-0.4, -0.2) is 51.1 Å². The Morgan fingerprint density at radius 2 is 1.67 bits per heavy atom. The van der Waals surface area contributed by atoms with Crippen LogP contribution < -0.4 is 4.74 Å². The van der Waals surface area contributed by atoms with Gasteiger partial charge in [-0.1, -0.05) is 23.2 Å². The Morgan fingerprint density at radius 1 is 1.05 bits per heavy atom. The molecule has 0 aliphatic heterocycles. The van der Waals surface area contributed by atoms with Crippen molar-refractivity contribution in [2.45, 2.75) is 44.4 Å². The van der Waals surface area contributed by atoms with E-state index < -0.39 is 71.8 Å². The van der Waals surface area contributed by atoms with Crippen LogP contribution in [0.5, 0.6) is 5.75 Å². The number of carboxylic acid groups (broad SMARTS) is 1. The van der Waals surface area contributed by atoms with Crippen molar-refractivity contribution in [1.82, 2.24) is 14.7 Å². The maximum Gasteiger partial charge on any atom is 0.433 e. The molecule has 43 heavy (non-hydrogen) atoms. The second-order valence-electron chi connectivity index (χ2n) is 10.0. The van der Waals surface area contributed by atoms with Gasteiger partial charge >= 0.3 is 12.1 Å². The van der Waals surface area contributed by atoms with Gasteiger partial charge in [0.1, 0.15) is 17.4 Å². The molecule has 0 atom stereocenters. The quantitative estimate of drug-likeness (QED) is 0.202. The zero-order valence-electron chi connectivity index (χ0n) is 22.4. The minimum atomic E-state index is -5.07. The first kappa shape index (κ1) is 32.2. The number of Topliss-reactive ketones (excluding diaryl/α,β-unsaturated/α-hetero) is 1. The number of carbonyl (C=O) groups excluding carboxylic acids is 2. The average Bonchev–Trinajstić information content (AvgIpc) is 3.37. The summed E-state index contributed by atoms with van der Waals surface area (Å²) in [6.45, 7) is -1.51. The number of carboxylic acids is 1. The molecule has 1 aliphatic rings. The monoisotopic (exact) mass is 647 g/mol. The molecule has 4 rings (SSSR count). The minimum Gasteiger partial charge on any atom is -0.496 e. The third kappa shape index (κ3) is 7.27. The Bertz CT molecular complexity index is 1530. The van der Waals surface area contributed by atoms with E-state index in [0.29, 0.717) is 21.8 Å². The lowest BCUT2D eigenvalue weighted by Gasteiger charge is -2.28. The van der Waals surface area contributed by atoms with Crippen LogP contribution in [0.25, 0.3) is 0 Å². The van der Waals surface area contributed by atoms with E-state index in [4.69, 9.17) is 27.9 Å². The molecule has 2 aromatic carbocycles. The van der Waals surface area contributed by atoms with Crippen LogP contribution in [-0.2, 0) is 17.5 Å². The first-order chi connectivity index (χ1) is 20.2. The summed E-state index contributed by atoms with van der Waals surface area (Å²) in [4.78, 5) is 39.2. The summed E-state index contributed by atoms with van der Waals surface area (Å²) < 4.78 is 77.1. The van der Waals surface area contributed by atoms with E-state index in [1.807, 2.05) is 0 Å². The topological polar surface area (TPSA) is 102 Å². The number of ether oxygens (including phenoxy) is 1. The number of hydrogen-bond donors (Lipinski definition) is 1. The number of halogens is 7. The number of rotatable bonds is 9. The van der Waals surface area contributed by atoms with E-state index in [1.165, 1.54) is 19.2 Å². The van der Waals surface area contributed by atoms with E-state index in [2.05, 4.69) is 5.10 Å². The molecule has 3 aromatic rings. The Morgan fingerprint density at radius 3 is 2.23 bits per heavy atom.